The Kier molecular flexibility index (Phi) is 4.22. The zero-order valence-corrected chi connectivity index (χ0v) is 14.4. The van der Waals surface area contributed by atoms with Gasteiger partial charge in [0.25, 0.3) is 0 Å². The van der Waals surface area contributed by atoms with Gasteiger partial charge in [0, 0.05) is 28.4 Å². The molecule has 3 aromatic rings. The Morgan fingerprint density at radius 2 is 1.77 bits per heavy atom. The number of fused-ring (bicyclic) bond motifs is 1. The van der Waals surface area contributed by atoms with Crippen molar-refractivity contribution in [3.8, 4) is 0 Å². The minimum Gasteiger partial charge on any atom is -0.378 e. The number of imidazole rings is 1. The van der Waals surface area contributed by atoms with Crippen molar-refractivity contribution < 1.29 is 0 Å². The first-order valence-electron chi connectivity index (χ1n) is 6.79. The molecule has 0 saturated heterocycles. The first-order chi connectivity index (χ1) is 10.5. The number of aromatic nitrogens is 2. The van der Waals surface area contributed by atoms with Crippen molar-refractivity contribution in [3.63, 3.8) is 0 Å². The fraction of sp³-hybridized carbons (Fsp3) is 0.188. The normalized spacial score (nSPS) is 11.1. The maximum Gasteiger partial charge on any atom is 0.161 e. The summed E-state index contributed by atoms with van der Waals surface area (Å²) in [6.45, 7) is 4.43. The number of hydrogen-bond donors (Lipinski definition) is 1. The van der Waals surface area contributed by atoms with Gasteiger partial charge in [0.05, 0.1) is 11.4 Å². The fourth-order valence-corrected chi connectivity index (χ4v) is 3.09. The summed E-state index contributed by atoms with van der Waals surface area (Å²) in [7, 11) is 0. The highest BCUT2D eigenvalue weighted by Gasteiger charge is 2.13. The quantitative estimate of drug-likeness (QED) is 0.670. The molecule has 0 saturated carbocycles. The van der Waals surface area contributed by atoms with Crippen LogP contribution < -0.4 is 5.32 Å². The topological polar surface area (TPSA) is 29.3 Å². The molecule has 0 amide bonds. The average molecular weight is 355 g/mol. The van der Waals surface area contributed by atoms with E-state index in [1.165, 1.54) is 0 Å². The van der Waals surface area contributed by atoms with Gasteiger partial charge in [-0.25, -0.2) is 4.98 Å². The van der Waals surface area contributed by atoms with E-state index < -0.39 is 0 Å². The van der Waals surface area contributed by atoms with E-state index in [2.05, 4.69) is 10.3 Å². The molecule has 0 aliphatic heterocycles. The number of anilines is 1. The Labute approximate surface area is 143 Å². The van der Waals surface area contributed by atoms with Crippen molar-refractivity contribution in [3.05, 3.63) is 62.5 Å². The van der Waals surface area contributed by atoms with Crippen LogP contribution in [0.15, 0.2) is 30.5 Å². The van der Waals surface area contributed by atoms with E-state index in [1.807, 2.05) is 48.7 Å². The molecule has 6 heteroatoms. The van der Waals surface area contributed by atoms with Crippen molar-refractivity contribution in [2.45, 2.75) is 20.4 Å². The average Bonchev–Trinajstić information content (AvgIpc) is 2.76. The molecule has 0 bridgehead atoms. The van der Waals surface area contributed by atoms with Crippen LogP contribution in [0.5, 0.6) is 0 Å². The first kappa shape index (κ1) is 15.5. The van der Waals surface area contributed by atoms with Gasteiger partial charge in [-0.2, -0.15) is 0 Å². The van der Waals surface area contributed by atoms with E-state index in [0.717, 1.165) is 28.2 Å². The largest absolute Gasteiger partial charge is 0.378 e. The summed E-state index contributed by atoms with van der Waals surface area (Å²) in [5.41, 5.74) is 4.46. The third-order valence-corrected chi connectivity index (χ3v) is 4.77. The number of halogens is 3. The molecule has 22 heavy (non-hydrogen) atoms. The molecule has 0 radical (unpaired) electrons. The Morgan fingerprint density at radius 1 is 1.09 bits per heavy atom. The molecule has 1 N–H and O–H groups in total. The number of nitrogens with zero attached hydrogens (tertiary/aromatic N) is 2. The maximum absolute atomic E-state index is 6.26. The van der Waals surface area contributed by atoms with Gasteiger partial charge in [0.2, 0.25) is 0 Å². The molecule has 114 valence electrons. The van der Waals surface area contributed by atoms with E-state index in [-0.39, 0.29) is 0 Å². The SMILES string of the molecule is Cc1ccn2c(Cl)c(C)nc2c1NCc1c(Cl)cccc1Cl. The number of nitrogens with one attached hydrogen (secondary N) is 1. The fourth-order valence-electron chi connectivity index (χ4n) is 2.38. The number of rotatable bonds is 3. The second-order valence-corrected chi connectivity index (χ2v) is 6.28. The molecule has 2 aromatic heterocycles. The van der Waals surface area contributed by atoms with E-state index in [9.17, 15) is 0 Å². The van der Waals surface area contributed by atoms with Crippen LogP contribution >= 0.6 is 34.8 Å². The van der Waals surface area contributed by atoms with Crippen LogP contribution in [0.3, 0.4) is 0 Å². The standard InChI is InChI=1S/C16H14Cl3N3/c1-9-6-7-22-15(19)10(2)21-16(22)14(9)20-8-11-12(17)4-3-5-13(11)18/h3-7,20H,8H2,1-2H3. The van der Waals surface area contributed by atoms with Crippen LogP contribution in [0.1, 0.15) is 16.8 Å². The van der Waals surface area contributed by atoms with E-state index in [0.29, 0.717) is 21.7 Å². The van der Waals surface area contributed by atoms with Crippen LogP contribution in [-0.2, 0) is 6.54 Å². The lowest BCUT2D eigenvalue weighted by atomic mass is 10.2. The number of aryl methyl sites for hydroxylation is 2. The third kappa shape index (κ3) is 2.65. The molecule has 0 spiro atoms. The van der Waals surface area contributed by atoms with Crippen molar-refractivity contribution >= 4 is 46.1 Å². The number of benzene rings is 1. The van der Waals surface area contributed by atoms with Crippen LogP contribution in [0.25, 0.3) is 5.65 Å². The van der Waals surface area contributed by atoms with Crippen molar-refractivity contribution in [2.75, 3.05) is 5.32 Å². The van der Waals surface area contributed by atoms with E-state index in [4.69, 9.17) is 34.8 Å². The van der Waals surface area contributed by atoms with Crippen LogP contribution in [0.4, 0.5) is 5.69 Å². The number of pyridine rings is 1. The van der Waals surface area contributed by atoms with Gasteiger partial charge in [-0.3, -0.25) is 4.40 Å². The van der Waals surface area contributed by atoms with Crippen LogP contribution in [0.2, 0.25) is 15.2 Å². The summed E-state index contributed by atoms with van der Waals surface area (Å²) >= 11 is 18.7. The molecule has 0 aliphatic rings. The second-order valence-electron chi connectivity index (χ2n) is 5.11. The summed E-state index contributed by atoms with van der Waals surface area (Å²) in [5, 5.41) is 5.28. The van der Waals surface area contributed by atoms with Crippen molar-refractivity contribution in [1.29, 1.82) is 0 Å². The zero-order chi connectivity index (χ0) is 15.9. The Balaban J connectivity index is 2.01. The van der Waals surface area contributed by atoms with E-state index in [1.54, 1.807) is 0 Å². The predicted octanol–water partition coefficient (Wildman–Crippen LogP) is 5.52. The highest BCUT2D eigenvalue weighted by Crippen LogP contribution is 2.29. The van der Waals surface area contributed by atoms with Crippen molar-refractivity contribution in [2.24, 2.45) is 0 Å². The molecule has 0 fully saturated rings. The molecular weight excluding hydrogens is 341 g/mol. The van der Waals surface area contributed by atoms with Crippen molar-refractivity contribution in [1.82, 2.24) is 9.38 Å². The summed E-state index contributed by atoms with van der Waals surface area (Å²) < 4.78 is 1.86. The van der Waals surface area contributed by atoms with Gasteiger partial charge < -0.3 is 5.32 Å². The summed E-state index contributed by atoms with van der Waals surface area (Å²) in [4.78, 5) is 4.53. The minimum atomic E-state index is 0.516. The molecule has 3 nitrogen and oxygen atoms in total. The molecule has 1 aromatic carbocycles. The molecule has 0 aliphatic carbocycles. The number of hydrogen-bond acceptors (Lipinski definition) is 2. The lowest BCUT2D eigenvalue weighted by Crippen LogP contribution is -2.04. The lowest BCUT2D eigenvalue weighted by Gasteiger charge is -2.13. The summed E-state index contributed by atoms with van der Waals surface area (Å²) in [6, 6.07) is 7.48. The van der Waals surface area contributed by atoms with Gasteiger partial charge in [-0.05, 0) is 37.6 Å². The lowest BCUT2D eigenvalue weighted by molar-refractivity contribution is 1.11. The smallest absolute Gasteiger partial charge is 0.161 e. The predicted molar refractivity (Wildman–Crippen MR) is 93.5 cm³/mol. The highest BCUT2D eigenvalue weighted by atomic mass is 35.5. The monoisotopic (exact) mass is 353 g/mol. The Morgan fingerprint density at radius 3 is 2.45 bits per heavy atom. The summed E-state index contributed by atoms with van der Waals surface area (Å²) in [6.07, 6.45) is 1.92. The molecule has 0 unspecified atom stereocenters. The highest BCUT2D eigenvalue weighted by molar-refractivity contribution is 6.36. The second kappa shape index (κ2) is 5.99. The van der Waals surface area contributed by atoms with Gasteiger partial charge in [-0.1, -0.05) is 40.9 Å². The molecule has 3 rings (SSSR count). The van der Waals surface area contributed by atoms with E-state index >= 15 is 0 Å². The third-order valence-electron chi connectivity index (χ3n) is 3.61. The minimum absolute atomic E-state index is 0.516. The van der Waals surface area contributed by atoms with Gasteiger partial charge in [-0.15, -0.1) is 0 Å². The Bertz CT molecular complexity index is 835. The maximum atomic E-state index is 6.26. The van der Waals surface area contributed by atoms with Crippen LogP contribution in [-0.4, -0.2) is 9.38 Å². The van der Waals surface area contributed by atoms with Gasteiger partial charge >= 0.3 is 0 Å². The van der Waals surface area contributed by atoms with Gasteiger partial charge in [0.15, 0.2) is 5.65 Å². The molecule has 0 atom stereocenters. The zero-order valence-electron chi connectivity index (χ0n) is 12.1. The molecule has 2 heterocycles. The Hall–Kier alpha value is -1.42. The molecular formula is C16H14Cl3N3. The van der Waals surface area contributed by atoms with Gasteiger partial charge in [0.1, 0.15) is 5.15 Å². The van der Waals surface area contributed by atoms with Crippen LogP contribution in [0, 0.1) is 13.8 Å². The summed E-state index contributed by atoms with van der Waals surface area (Å²) in [5.74, 6) is 0. The first-order valence-corrected chi connectivity index (χ1v) is 7.93.